The molecule has 0 aliphatic carbocycles. The average molecular weight is 398 g/mol. The summed E-state index contributed by atoms with van der Waals surface area (Å²) in [5, 5.41) is 1.39. The maximum Gasteiger partial charge on any atom is 0.301 e. The third-order valence-corrected chi connectivity index (χ3v) is 4.25. The van der Waals surface area contributed by atoms with E-state index in [4.69, 9.17) is 16.0 Å². The van der Waals surface area contributed by atoms with Gasteiger partial charge in [0.2, 0.25) is 0 Å². The molecule has 112 valence electrons. The molecule has 0 unspecified atom stereocenters. The minimum Gasteiger partial charge on any atom is -0.451 e. The number of hydrogen-bond donors (Lipinski definition) is 2. The Labute approximate surface area is 144 Å². The van der Waals surface area contributed by atoms with Crippen molar-refractivity contribution in [2.24, 2.45) is 0 Å². The Hall–Kier alpha value is -1.47. The molecule has 1 amide bonds. The van der Waals surface area contributed by atoms with Crippen LogP contribution in [-0.4, -0.2) is 5.91 Å². The van der Waals surface area contributed by atoms with Gasteiger partial charge in [-0.2, -0.15) is 4.83 Å². The molecule has 22 heavy (non-hydrogen) atoms. The van der Waals surface area contributed by atoms with E-state index in [1.54, 1.807) is 24.3 Å². The van der Waals surface area contributed by atoms with E-state index in [0.29, 0.717) is 10.6 Å². The van der Waals surface area contributed by atoms with Crippen LogP contribution in [0.4, 0.5) is 0 Å². The van der Waals surface area contributed by atoms with Crippen molar-refractivity contribution in [3.63, 3.8) is 0 Å². The zero-order chi connectivity index (χ0) is 15.5. The summed E-state index contributed by atoms with van der Waals surface area (Å²) in [6.45, 7) is 0. The van der Waals surface area contributed by atoms with Gasteiger partial charge in [0.1, 0.15) is 5.58 Å². The van der Waals surface area contributed by atoms with E-state index in [2.05, 4.69) is 26.2 Å². The zero-order valence-electron chi connectivity index (χ0n) is 11.1. The lowest BCUT2D eigenvalue weighted by Gasteiger charge is -2.04. The van der Waals surface area contributed by atoms with Gasteiger partial charge in [-0.25, -0.2) is 0 Å². The molecular formula is C15H10BrClN2O2S. The molecule has 3 aromatic rings. The number of fused-ring (bicyclic) bond motifs is 1. The molecule has 0 spiro atoms. The van der Waals surface area contributed by atoms with Crippen LogP contribution in [0.2, 0.25) is 5.02 Å². The molecule has 0 fully saturated rings. The molecule has 7 heteroatoms. The van der Waals surface area contributed by atoms with Gasteiger partial charge >= 0.3 is 5.91 Å². The molecule has 4 nitrogen and oxygen atoms in total. The van der Waals surface area contributed by atoms with E-state index in [9.17, 15) is 4.79 Å². The number of carbonyl (C=O) groups excluding carboxylic acids is 1. The van der Waals surface area contributed by atoms with Gasteiger partial charge in [0.25, 0.3) is 0 Å². The molecular weight excluding hydrogens is 388 g/mol. The number of furan rings is 1. The second kappa shape index (κ2) is 6.75. The maximum absolute atomic E-state index is 12.0. The Balaban J connectivity index is 1.63. The smallest absolute Gasteiger partial charge is 0.301 e. The van der Waals surface area contributed by atoms with Gasteiger partial charge in [-0.15, -0.1) is 0 Å². The van der Waals surface area contributed by atoms with Crippen molar-refractivity contribution in [2.45, 2.75) is 4.90 Å². The molecule has 2 N–H and O–H groups in total. The van der Waals surface area contributed by atoms with E-state index in [1.807, 2.05) is 24.3 Å². The highest BCUT2D eigenvalue weighted by molar-refractivity contribution is 9.10. The summed E-state index contributed by atoms with van der Waals surface area (Å²) >= 11 is 10.6. The van der Waals surface area contributed by atoms with Gasteiger partial charge in [0.05, 0.1) is 0 Å². The highest BCUT2D eigenvalue weighted by atomic mass is 79.9. The number of amides is 1. The van der Waals surface area contributed by atoms with Crippen LogP contribution in [0.1, 0.15) is 10.6 Å². The van der Waals surface area contributed by atoms with Crippen molar-refractivity contribution in [2.75, 3.05) is 0 Å². The molecule has 0 aliphatic rings. The summed E-state index contributed by atoms with van der Waals surface area (Å²) in [6.07, 6.45) is 0. The van der Waals surface area contributed by atoms with Crippen LogP contribution in [-0.2, 0) is 0 Å². The van der Waals surface area contributed by atoms with Crippen molar-refractivity contribution in [1.29, 1.82) is 0 Å². The first-order valence-corrected chi connectivity index (χ1v) is 8.27. The van der Waals surface area contributed by atoms with Crippen molar-refractivity contribution in [1.82, 2.24) is 10.3 Å². The van der Waals surface area contributed by atoms with Crippen LogP contribution in [0.5, 0.6) is 0 Å². The fourth-order valence-corrected chi connectivity index (χ4v) is 3.17. The molecule has 0 saturated carbocycles. The van der Waals surface area contributed by atoms with E-state index < -0.39 is 0 Å². The van der Waals surface area contributed by atoms with Gasteiger partial charge in [-0.1, -0.05) is 33.6 Å². The lowest BCUT2D eigenvalue weighted by molar-refractivity contribution is 0.0921. The van der Waals surface area contributed by atoms with Gasteiger partial charge in [-0.05, 0) is 54.4 Å². The van der Waals surface area contributed by atoms with E-state index in [0.717, 1.165) is 14.8 Å². The fraction of sp³-hybridized carbons (Fsp3) is 0. The van der Waals surface area contributed by atoms with E-state index >= 15 is 0 Å². The first-order valence-electron chi connectivity index (χ1n) is 6.29. The Kier molecular flexibility index (Phi) is 4.73. The standard InChI is InChI=1S/C15H10BrClN2O2S/c16-10-2-1-3-12(8-10)22-19-18-15(20)14-7-9-6-11(17)4-5-13(9)21-14/h1-8,19H,(H,18,20). The predicted molar refractivity (Wildman–Crippen MR) is 91.8 cm³/mol. The Morgan fingerprint density at radius 1 is 1.18 bits per heavy atom. The first-order chi connectivity index (χ1) is 10.6. The van der Waals surface area contributed by atoms with Crippen LogP contribution in [0.15, 0.2) is 62.3 Å². The number of benzene rings is 2. The fourth-order valence-electron chi connectivity index (χ4n) is 1.85. The number of nitrogens with one attached hydrogen (secondary N) is 2. The monoisotopic (exact) mass is 396 g/mol. The summed E-state index contributed by atoms with van der Waals surface area (Å²) in [5.74, 6) is -0.130. The minimum absolute atomic E-state index is 0.222. The summed E-state index contributed by atoms with van der Waals surface area (Å²) in [7, 11) is 0. The molecule has 0 saturated heterocycles. The van der Waals surface area contributed by atoms with Gasteiger partial charge in [0.15, 0.2) is 5.76 Å². The molecule has 0 bridgehead atoms. The van der Waals surface area contributed by atoms with Crippen molar-refractivity contribution >= 4 is 56.4 Å². The van der Waals surface area contributed by atoms with E-state index in [1.165, 1.54) is 11.9 Å². The van der Waals surface area contributed by atoms with Crippen molar-refractivity contribution < 1.29 is 9.21 Å². The van der Waals surface area contributed by atoms with Crippen LogP contribution in [0.25, 0.3) is 11.0 Å². The summed E-state index contributed by atoms with van der Waals surface area (Å²) < 4.78 is 6.45. The maximum atomic E-state index is 12.0. The first kappa shape index (κ1) is 15.4. The number of hydrazine groups is 1. The highest BCUT2D eigenvalue weighted by Crippen LogP contribution is 2.23. The van der Waals surface area contributed by atoms with Crippen LogP contribution >= 0.6 is 39.5 Å². The molecule has 1 heterocycles. The van der Waals surface area contributed by atoms with Gasteiger partial charge in [-0.3, -0.25) is 10.2 Å². The molecule has 0 radical (unpaired) electrons. The minimum atomic E-state index is -0.352. The number of carbonyl (C=O) groups is 1. The predicted octanol–water partition coefficient (Wildman–Crippen LogP) is 4.79. The van der Waals surface area contributed by atoms with Crippen molar-refractivity contribution in [3.05, 3.63) is 63.8 Å². The number of rotatable bonds is 4. The van der Waals surface area contributed by atoms with Crippen LogP contribution < -0.4 is 10.3 Å². The number of hydrogen-bond acceptors (Lipinski definition) is 4. The molecule has 1 aromatic heterocycles. The Bertz CT molecular complexity index is 837. The van der Waals surface area contributed by atoms with Gasteiger partial charge < -0.3 is 4.42 Å². The molecule has 0 atom stereocenters. The third kappa shape index (κ3) is 3.64. The second-order valence-corrected chi connectivity index (χ2v) is 6.64. The molecule has 0 aliphatic heterocycles. The molecule has 3 rings (SSSR count). The zero-order valence-corrected chi connectivity index (χ0v) is 14.3. The average Bonchev–Trinajstić information content (AvgIpc) is 2.90. The number of halogens is 2. The third-order valence-electron chi connectivity index (χ3n) is 2.83. The largest absolute Gasteiger partial charge is 0.451 e. The SMILES string of the molecule is O=C(NNSc1cccc(Br)c1)c1cc2cc(Cl)ccc2o1. The normalized spacial score (nSPS) is 10.8. The lowest BCUT2D eigenvalue weighted by atomic mass is 10.2. The summed E-state index contributed by atoms with van der Waals surface area (Å²) in [4.78, 5) is 15.8. The quantitative estimate of drug-likeness (QED) is 0.491. The van der Waals surface area contributed by atoms with Crippen molar-refractivity contribution in [3.8, 4) is 0 Å². The summed E-state index contributed by atoms with van der Waals surface area (Å²) in [6, 6.07) is 14.6. The van der Waals surface area contributed by atoms with Crippen LogP contribution in [0.3, 0.4) is 0 Å². The Morgan fingerprint density at radius 2 is 2.05 bits per heavy atom. The molecule has 2 aromatic carbocycles. The van der Waals surface area contributed by atoms with Crippen LogP contribution in [0, 0.1) is 0 Å². The second-order valence-electron chi connectivity index (χ2n) is 4.41. The highest BCUT2D eigenvalue weighted by Gasteiger charge is 2.12. The topological polar surface area (TPSA) is 54.3 Å². The lowest BCUT2D eigenvalue weighted by Crippen LogP contribution is -2.32. The summed E-state index contributed by atoms with van der Waals surface area (Å²) in [5.41, 5.74) is 3.19. The Morgan fingerprint density at radius 3 is 2.86 bits per heavy atom. The van der Waals surface area contributed by atoms with E-state index in [-0.39, 0.29) is 11.7 Å². The van der Waals surface area contributed by atoms with Gasteiger partial charge in [0, 0.05) is 19.8 Å².